The highest BCUT2D eigenvalue weighted by Gasteiger charge is 2.10. The molecule has 3 amide bonds. The van der Waals surface area contributed by atoms with Crippen LogP contribution in [-0.2, 0) is 16.1 Å². The average molecular weight is 255 g/mol. The number of hydrogen-bond donors (Lipinski definition) is 3. The molecule has 0 aliphatic rings. The number of hydrogen-bond acceptors (Lipinski definition) is 5. The first kappa shape index (κ1) is 13.7. The molecule has 0 aliphatic heterocycles. The summed E-state index contributed by atoms with van der Waals surface area (Å²) in [6, 6.07) is 0.943. The van der Waals surface area contributed by atoms with Gasteiger partial charge in [0.25, 0.3) is 0 Å². The Labute approximate surface area is 102 Å². The van der Waals surface area contributed by atoms with Gasteiger partial charge in [0.2, 0.25) is 5.91 Å². The Morgan fingerprint density at radius 1 is 1.39 bits per heavy atom. The van der Waals surface area contributed by atoms with Gasteiger partial charge in [0.15, 0.2) is 0 Å². The molecule has 0 fully saturated rings. The zero-order valence-corrected chi connectivity index (χ0v) is 9.73. The lowest BCUT2D eigenvalue weighted by Crippen LogP contribution is -2.39. The second kappa shape index (κ2) is 6.38. The monoisotopic (exact) mass is 255 g/mol. The fourth-order valence-electron chi connectivity index (χ4n) is 1.13. The molecule has 3 N–H and O–H groups in total. The third-order valence-electron chi connectivity index (χ3n) is 1.93. The summed E-state index contributed by atoms with van der Waals surface area (Å²) in [6.07, 6.45) is -0.562. The quantitative estimate of drug-likeness (QED) is 0.689. The van der Waals surface area contributed by atoms with Crippen LogP contribution in [0.5, 0.6) is 0 Å². The van der Waals surface area contributed by atoms with E-state index in [2.05, 4.69) is 10.5 Å². The molecule has 0 atom stereocenters. The summed E-state index contributed by atoms with van der Waals surface area (Å²) in [6.45, 7) is 1.83. The van der Waals surface area contributed by atoms with Gasteiger partial charge in [-0.3, -0.25) is 14.9 Å². The van der Waals surface area contributed by atoms with E-state index in [0.717, 1.165) is 0 Å². The number of imide groups is 1. The van der Waals surface area contributed by atoms with E-state index in [1.54, 1.807) is 13.0 Å². The summed E-state index contributed by atoms with van der Waals surface area (Å²) in [7, 11) is 0. The third kappa shape index (κ3) is 5.10. The van der Waals surface area contributed by atoms with E-state index >= 15 is 0 Å². The van der Waals surface area contributed by atoms with Gasteiger partial charge in [-0.2, -0.15) is 0 Å². The second-order valence-corrected chi connectivity index (χ2v) is 3.55. The number of aliphatic carboxylic acids is 1. The zero-order chi connectivity index (χ0) is 13.5. The van der Waals surface area contributed by atoms with Gasteiger partial charge in [0.1, 0.15) is 11.5 Å². The normalized spacial score (nSPS) is 9.83. The van der Waals surface area contributed by atoms with Crippen LogP contribution in [0.15, 0.2) is 10.6 Å². The van der Waals surface area contributed by atoms with Crippen LogP contribution in [0.2, 0.25) is 0 Å². The molecule has 98 valence electrons. The molecule has 1 heterocycles. The largest absolute Gasteiger partial charge is 0.481 e. The first-order valence-electron chi connectivity index (χ1n) is 5.19. The van der Waals surface area contributed by atoms with Crippen molar-refractivity contribution in [3.05, 3.63) is 17.5 Å². The lowest BCUT2D eigenvalue weighted by atomic mass is 10.3. The van der Waals surface area contributed by atoms with Crippen molar-refractivity contribution in [1.82, 2.24) is 15.8 Å². The number of carbonyl (C=O) groups excluding carboxylic acids is 2. The molecule has 1 rings (SSSR count). The molecule has 0 unspecified atom stereocenters. The number of nitrogens with zero attached hydrogens (tertiary/aromatic N) is 1. The highest BCUT2D eigenvalue weighted by molar-refractivity contribution is 5.95. The van der Waals surface area contributed by atoms with E-state index in [4.69, 9.17) is 9.63 Å². The molecule has 0 bridgehead atoms. The van der Waals surface area contributed by atoms with Crippen LogP contribution >= 0.6 is 0 Å². The molecule has 8 nitrogen and oxygen atoms in total. The standard InChI is InChI=1S/C10H13N3O5/c1-6-4-7(13-18-6)5-11-10(17)12-8(14)2-3-9(15)16/h4H,2-3,5H2,1H3,(H,15,16)(H2,11,12,14,17). The van der Waals surface area contributed by atoms with Gasteiger partial charge in [0, 0.05) is 12.5 Å². The van der Waals surface area contributed by atoms with E-state index in [9.17, 15) is 14.4 Å². The Hall–Kier alpha value is -2.38. The van der Waals surface area contributed by atoms with Crippen molar-refractivity contribution in [2.45, 2.75) is 26.3 Å². The Morgan fingerprint density at radius 3 is 2.67 bits per heavy atom. The van der Waals surface area contributed by atoms with Gasteiger partial charge in [0.05, 0.1) is 13.0 Å². The fraction of sp³-hybridized carbons (Fsp3) is 0.400. The summed E-state index contributed by atoms with van der Waals surface area (Å²) in [5.74, 6) is -1.13. The van der Waals surface area contributed by atoms with Crippen LogP contribution < -0.4 is 10.6 Å². The number of urea groups is 1. The molecule has 0 aromatic carbocycles. The third-order valence-corrected chi connectivity index (χ3v) is 1.93. The van der Waals surface area contributed by atoms with Crippen molar-refractivity contribution in [3.63, 3.8) is 0 Å². The molecular formula is C10H13N3O5. The smallest absolute Gasteiger partial charge is 0.321 e. The number of carboxylic acid groups (broad SMARTS) is 1. The summed E-state index contributed by atoms with van der Waals surface area (Å²) < 4.78 is 4.79. The maximum Gasteiger partial charge on any atom is 0.321 e. The van der Waals surface area contributed by atoms with Gasteiger partial charge in [-0.25, -0.2) is 4.79 Å². The fourth-order valence-corrected chi connectivity index (χ4v) is 1.13. The Bertz CT molecular complexity index is 454. The van der Waals surface area contributed by atoms with E-state index in [-0.39, 0.29) is 19.4 Å². The lowest BCUT2D eigenvalue weighted by molar-refractivity contribution is -0.138. The minimum Gasteiger partial charge on any atom is -0.481 e. The van der Waals surface area contributed by atoms with Crippen molar-refractivity contribution in [2.24, 2.45) is 0 Å². The summed E-state index contributed by atoms with van der Waals surface area (Å²) in [5, 5.41) is 16.4. The topological polar surface area (TPSA) is 122 Å². The van der Waals surface area contributed by atoms with Crippen LogP contribution in [0.25, 0.3) is 0 Å². The summed E-state index contributed by atoms with van der Waals surface area (Å²) >= 11 is 0. The number of carbonyl (C=O) groups is 3. The van der Waals surface area contributed by atoms with Gasteiger partial charge < -0.3 is 14.9 Å². The zero-order valence-electron chi connectivity index (χ0n) is 9.73. The molecule has 18 heavy (non-hydrogen) atoms. The molecule has 0 saturated heterocycles. The van der Waals surface area contributed by atoms with E-state index in [1.807, 2.05) is 5.32 Å². The van der Waals surface area contributed by atoms with Crippen LogP contribution in [0.4, 0.5) is 4.79 Å². The Morgan fingerprint density at radius 2 is 2.11 bits per heavy atom. The van der Waals surface area contributed by atoms with Gasteiger partial charge in [-0.15, -0.1) is 0 Å². The first-order chi connectivity index (χ1) is 8.47. The first-order valence-corrected chi connectivity index (χ1v) is 5.19. The van der Waals surface area contributed by atoms with Crippen LogP contribution in [0.1, 0.15) is 24.3 Å². The minimum absolute atomic E-state index is 0.120. The maximum absolute atomic E-state index is 11.2. The molecule has 0 aliphatic carbocycles. The van der Waals surface area contributed by atoms with Crippen LogP contribution in [0, 0.1) is 6.92 Å². The van der Waals surface area contributed by atoms with E-state index in [1.165, 1.54) is 0 Å². The number of carboxylic acids is 1. The van der Waals surface area contributed by atoms with Crippen molar-refractivity contribution >= 4 is 17.9 Å². The highest BCUT2D eigenvalue weighted by Crippen LogP contribution is 2.00. The molecule has 0 radical (unpaired) electrons. The number of rotatable bonds is 5. The Kier molecular flexibility index (Phi) is 4.85. The van der Waals surface area contributed by atoms with Gasteiger partial charge >= 0.3 is 12.0 Å². The summed E-state index contributed by atoms with van der Waals surface area (Å²) in [4.78, 5) is 32.5. The van der Waals surface area contributed by atoms with E-state index < -0.39 is 17.9 Å². The lowest BCUT2D eigenvalue weighted by Gasteiger charge is -2.03. The minimum atomic E-state index is -1.09. The Balaban J connectivity index is 2.25. The average Bonchev–Trinajstić information content (AvgIpc) is 2.70. The van der Waals surface area contributed by atoms with Crippen LogP contribution in [0.3, 0.4) is 0 Å². The maximum atomic E-state index is 11.2. The number of nitrogens with one attached hydrogen (secondary N) is 2. The van der Waals surface area contributed by atoms with Crippen molar-refractivity contribution < 1.29 is 24.0 Å². The SMILES string of the molecule is Cc1cc(CNC(=O)NC(=O)CCC(=O)O)no1. The number of amides is 3. The van der Waals surface area contributed by atoms with Gasteiger partial charge in [-0.1, -0.05) is 5.16 Å². The van der Waals surface area contributed by atoms with Gasteiger partial charge in [-0.05, 0) is 6.92 Å². The van der Waals surface area contributed by atoms with E-state index in [0.29, 0.717) is 11.5 Å². The number of aromatic nitrogens is 1. The number of aryl methyl sites for hydroxylation is 1. The molecule has 0 spiro atoms. The predicted octanol–water partition coefficient (Wildman–Crippen LogP) is 0.174. The van der Waals surface area contributed by atoms with Crippen molar-refractivity contribution in [2.75, 3.05) is 0 Å². The predicted molar refractivity (Wildman–Crippen MR) is 58.5 cm³/mol. The van der Waals surface area contributed by atoms with Crippen molar-refractivity contribution in [1.29, 1.82) is 0 Å². The molecule has 8 heteroatoms. The second-order valence-electron chi connectivity index (χ2n) is 3.55. The molecular weight excluding hydrogens is 242 g/mol. The molecule has 1 aromatic rings. The molecule has 1 aromatic heterocycles. The highest BCUT2D eigenvalue weighted by atomic mass is 16.5. The summed E-state index contributed by atoms with van der Waals surface area (Å²) in [5.41, 5.74) is 0.528. The molecule has 0 saturated carbocycles. The van der Waals surface area contributed by atoms with Crippen molar-refractivity contribution in [3.8, 4) is 0 Å². The van der Waals surface area contributed by atoms with Crippen LogP contribution in [-0.4, -0.2) is 28.2 Å².